The van der Waals surface area contributed by atoms with Crippen LogP contribution in [0.1, 0.15) is 13.8 Å². The predicted octanol–water partition coefficient (Wildman–Crippen LogP) is 3.47. The number of halogens is 1. The van der Waals surface area contributed by atoms with Crippen molar-refractivity contribution in [1.29, 1.82) is 15.8 Å². The van der Waals surface area contributed by atoms with Crippen molar-refractivity contribution in [3.63, 3.8) is 0 Å². The summed E-state index contributed by atoms with van der Waals surface area (Å²) in [5.74, 6) is 0.525. The van der Waals surface area contributed by atoms with Crippen LogP contribution < -0.4 is 10.1 Å². The zero-order chi connectivity index (χ0) is 15.1. The number of anilines is 1. The molecule has 0 spiro atoms. The Hall–Kier alpha value is -2.49. The van der Waals surface area contributed by atoms with Gasteiger partial charge in [-0.05, 0) is 32.0 Å². The summed E-state index contributed by atoms with van der Waals surface area (Å²) in [5.41, 5.74) is 0.137. The van der Waals surface area contributed by atoms with E-state index in [0.29, 0.717) is 11.4 Å². The largest absolute Gasteiger partial charge is 0.489 e. The third-order valence-corrected chi connectivity index (χ3v) is 2.64. The minimum absolute atomic E-state index is 0.0502. The standard InChI is InChI=1S/C14H11BrN4O/c1-9(2)20-14-5-11(15)3-4-12(14)19-13(8-18)10(6-16)7-17/h3-5,9,19H,1-2H3. The molecule has 1 aromatic carbocycles. The maximum Gasteiger partial charge on any atom is 0.163 e. The van der Waals surface area contributed by atoms with Crippen LogP contribution in [0, 0.1) is 34.0 Å². The fourth-order valence-corrected chi connectivity index (χ4v) is 1.71. The summed E-state index contributed by atoms with van der Waals surface area (Å²) in [6.45, 7) is 3.75. The zero-order valence-corrected chi connectivity index (χ0v) is 12.5. The van der Waals surface area contributed by atoms with Gasteiger partial charge in [0, 0.05) is 4.47 Å². The van der Waals surface area contributed by atoms with E-state index >= 15 is 0 Å². The van der Waals surface area contributed by atoms with Crippen molar-refractivity contribution in [2.24, 2.45) is 0 Å². The van der Waals surface area contributed by atoms with Gasteiger partial charge in [0.25, 0.3) is 0 Å². The molecule has 0 aliphatic carbocycles. The third kappa shape index (κ3) is 4.02. The highest BCUT2D eigenvalue weighted by molar-refractivity contribution is 9.10. The second-order valence-corrected chi connectivity index (χ2v) is 4.93. The van der Waals surface area contributed by atoms with Gasteiger partial charge >= 0.3 is 0 Å². The maximum absolute atomic E-state index is 9.02. The summed E-state index contributed by atoms with van der Waals surface area (Å²) in [6, 6.07) is 10.4. The van der Waals surface area contributed by atoms with Gasteiger partial charge in [0.15, 0.2) is 5.57 Å². The van der Waals surface area contributed by atoms with E-state index in [2.05, 4.69) is 21.2 Å². The summed E-state index contributed by atoms with van der Waals surface area (Å²) >= 11 is 3.34. The smallest absolute Gasteiger partial charge is 0.163 e. The first kappa shape index (κ1) is 15.6. The summed E-state index contributed by atoms with van der Waals surface area (Å²) in [7, 11) is 0. The molecule has 0 bridgehead atoms. The first-order valence-corrected chi connectivity index (χ1v) is 6.49. The Morgan fingerprint density at radius 3 is 2.35 bits per heavy atom. The van der Waals surface area contributed by atoms with Crippen LogP contribution >= 0.6 is 15.9 Å². The molecule has 1 aromatic rings. The normalized spacial score (nSPS) is 9.05. The van der Waals surface area contributed by atoms with E-state index in [-0.39, 0.29) is 17.4 Å². The topological polar surface area (TPSA) is 92.6 Å². The average molecular weight is 331 g/mol. The van der Waals surface area contributed by atoms with Crippen LogP contribution in [0.2, 0.25) is 0 Å². The van der Waals surface area contributed by atoms with Gasteiger partial charge in [-0.15, -0.1) is 0 Å². The number of nitrogens with zero attached hydrogens (tertiary/aromatic N) is 3. The van der Waals surface area contributed by atoms with E-state index in [1.165, 1.54) is 0 Å². The molecule has 0 heterocycles. The second-order valence-electron chi connectivity index (χ2n) is 4.02. The molecule has 0 fully saturated rings. The lowest BCUT2D eigenvalue weighted by Gasteiger charge is -2.15. The molecule has 100 valence electrons. The Labute approximate surface area is 125 Å². The predicted molar refractivity (Wildman–Crippen MR) is 77.4 cm³/mol. The Morgan fingerprint density at radius 1 is 1.20 bits per heavy atom. The second kappa shape index (κ2) is 7.19. The number of nitrogens with one attached hydrogen (secondary N) is 1. The van der Waals surface area contributed by atoms with Gasteiger partial charge in [0.05, 0.1) is 11.8 Å². The summed E-state index contributed by atoms with van der Waals surface area (Å²) in [6.07, 6.45) is -0.0502. The first-order valence-electron chi connectivity index (χ1n) is 5.69. The fraction of sp³-hybridized carbons (Fsp3) is 0.214. The highest BCUT2D eigenvalue weighted by Crippen LogP contribution is 2.30. The Balaban J connectivity index is 3.22. The average Bonchev–Trinajstić information content (AvgIpc) is 2.40. The molecule has 6 heteroatoms. The summed E-state index contributed by atoms with van der Waals surface area (Å²) in [5, 5.41) is 29.4. The molecular weight excluding hydrogens is 320 g/mol. The number of hydrogen-bond acceptors (Lipinski definition) is 5. The van der Waals surface area contributed by atoms with Crippen molar-refractivity contribution in [3.05, 3.63) is 33.9 Å². The van der Waals surface area contributed by atoms with Crippen LogP contribution in [0.25, 0.3) is 0 Å². The quantitative estimate of drug-likeness (QED) is 0.853. The van der Waals surface area contributed by atoms with Crippen LogP contribution in [0.4, 0.5) is 5.69 Å². The minimum Gasteiger partial charge on any atom is -0.489 e. The summed E-state index contributed by atoms with van der Waals surface area (Å²) < 4.78 is 6.45. The summed E-state index contributed by atoms with van der Waals surface area (Å²) in [4.78, 5) is 0. The number of nitriles is 3. The highest BCUT2D eigenvalue weighted by atomic mass is 79.9. The van der Waals surface area contributed by atoms with E-state index in [1.807, 2.05) is 13.8 Å². The molecule has 0 amide bonds. The van der Waals surface area contributed by atoms with E-state index in [9.17, 15) is 0 Å². The molecule has 0 aromatic heterocycles. The molecule has 0 radical (unpaired) electrons. The number of ether oxygens (including phenoxy) is 1. The Kier molecular flexibility index (Phi) is 5.59. The third-order valence-electron chi connectivity index (χ3n) is 2.15. The van der Waals surface area contributed by atoms with E-state index in [4.69, 9.17) is 20.5 Å². The number of hydrogen-bond donors (Lipinski definition) is 1. The van der Waals surface area contributed by atoms with Crippen molar-refractivity contribution >= 4 is 21.6 Å². The van der Waals surface area contributed by atoms with Crippen molar-refractivity contribution in [1.82, 2.24) is 0 Å². The van der Waals surface area contributed by atoms with Gasteiger partial charge in [-0.2, -0.15) is 15.8 Å². The molecule has 1 N–H and O–H groups in total. The van der Waals surface area contributed by atoms with Crippen molar-refractivity contribution in [3.8, 4) is 24.0 Å². The Bertz CT molecular complexity index is 643. The van der Waals surface area contributed by atoms with E-state index in [0.717, 1.165) is 4.47 Å². The lowest BCUT2D eigenvalue weighted by atomic mass is 10.2. The molecule has 0 saturated heterocycles. The van der Waals surface area contributed by atoms with Gasteiger partial charge in [0.2, 0.25) is 0 Å². The number of rotatable bonds is 4. The molecule has 0 unspecified atom stereocenters. The van der Waals surface area contributed by atoms with Crippen molar-refractivity contribution in [2.75, 3.05) is 5.32 Å². The van der Waals surface area contributed by atoms with Gasteiger partial charge in [-0.1, -0.05) is 15.9 Å². The van der Waals surface area contributed by atoms with Gasteiger partial charge in [-0.25, -0.2) is 0 Å². The zero-order valence-electron chi connectivity index (χ0n) is 10.9. The first-order chi connectivity index (χ1) is 9.51. The number of allylic oxidation sites excluding steroid dienone is 2. The molecule has 5 nitrogen and oxygen atoms in total. The van der Waals surface area contributed by atoms with Crippen LogP contribution in [-0.4, -0.2) is 6.10 Å². The van der Waals surface area contributed by atoms with Crippen LogP contribution in [0.3, 0.4) is 0 Å². The van der Waals surface area contributed by atoms with E-state index < -0.39 is 0 Å². The lowest BCUT2D eigenvalue weighted by Crippen LogP contribution is -2.09. The van der Waals surface area contributed by atoms with Crippen LogP contribution in [0.5, 0.6) is 5.75 Å². The molecule has 1 rings (SSSR count). The lowest BCUT2D eigenvalue weighted by molar-refractivity contribution is 0.243. The molecule has 0 atom stereocenters. The van der Waals surface area contributed by atoms with Crippen molar-refractivity contribution in [2.45, 2.75) is 20.0 Å². The molecule has 0 aliphatic heterocycles. The molecule has 0 saturated carbocycles. The Morgan fingerprint density at radius 2 is 1.85 bits per heavy atom. The van der Waals surface area contributed by atoms with Crippen LogP contribution in [0.15, 0.2) is 33.9 Å². The molecular formula is C14H11BrN4O. The number of benzene rings is 1. The monoisotopic (exact) mass is 330 g/mol. The van der Waals surface area contributed by atoms with Gasteiger partial charge < -0.3 is 10.1 Å². The SMILES string of the molecule is CC(C)Oc1cc(Br)ccc1NC(C#N)=C(C#N)C#N. The highest BCUT2D eigenvalue weighted by Gasteiger charge is 2.11. The van der Waals surface area contributed by atoms with E-state index in [1.54, 1.807) is 36.4 Å². The van der Waals surface area contributed by atoms with Crippen molar-refractivity contribution < 1.29 is 4.74 Å². The van der Waals surface area contributed by atoms with Crippen LogP contribution in [-0.2, 0) is 0 Å². The maximum atomic E-state index is 9.02. The molecule has 20 heavy (non-hydrogen) atoms. The van der Waals surface area contributed by atoms with Gasteiger partial charge in [-0.3, -0.25) is 0 Å². The molecule has 0 aliphatic rings. The fourth-order valence-electron chi connectivity index (χ4n) is 1.37. The minimum atomic E-state index is -0.272. The van der Waals surface area contributed by atoms with Gasteiger partial charge in [0.1, 0.15) is 29.7 Å².